The van der Waals surface area contributed by atoms with Gasteiger partial charge in [0.2, 0.25) is 0 Å². The molecule has 0 saturated heterocycles. The van der Waals surface area contributed by atoms with Crippen LogP contribution in [0.4, 0.5) is 5.69 Å². The van der Waals surface area contributed by atoms with Crippen molar-refractivity contribution in [2.75, 3.05) is 5.32 Å². The first-order chi connectivity index (χ1) is 14.1. The number of anilines is 1. The van der Waals surface area contributed by atoms with Crippen molar-refractivity contribution in [3.8, 4) is 17.1 Å². The number of nitrogens with one attached hydrogen (secondary N) is 1. The minimum Gasteiger partial charge on any atom is -0.390 e. The predicted molar refractivity (Wildman–Crippen MR) is 112 cm³/mol. The van der Waals surface area contributed by atoms with Crippen LogP contribution in [-0.2, 0) is 0 Å². The lowest BCUT2D eigenvalue weighted by Crippen LogP contribution is -2.38. The molecule has 29 heavy (non-hydrogen) atoms. The molecule has 148 valence electrons. The lowest BCUT2D eigenvalue weighted by Gasteiger charge is -2.34. The van der Waals surface area contributed by atoms with Gasteiger partial charge in [-0.2, -0.15) is 5.10 Å². The number of fused-ring (bicyclic) bond motifs is 1. The second kappa shape index (κ2) is 7.00. The van der Waals surface area contributed by atoms with Crippen LogP contribution in [0.2, 0.25) is 0 Å². The van der Waals surface area contributed by atoms with E-state index in [0.717, 1.165) is 54.1 Å². The molecule has 1 fully saturated rings. The molecule has 4 aromatic rings. The maximum Gasteiger partial charge on any atom is 0.153 e. The topological polar surface area (TPSA) is 80.3 Å². The minimum atomic E-state index is -0.583. The fourth-order valence-electron chi connectivity index (χ4n) is 4.21. The van der Waals surface area contributed by atoms with Crippen molar-refractivity contribution in [3.05, 3.63) is 61.3 Å². The maximum absolute atomic E-state index is 10.4. The van der Waals surface area contributed by atoms with Gasteiger partial charge >= 0.3 is 0 Å². The van der Waals surface area contributed by atoms with Crippen molar-refractivity contribution >= 4 is 11.3 Å². The Labute approximate surface area is 169 Å². The molecule has 0 spiro atoms. The zero-order valence-electron chi connectivity index (χ0n) is 16.4. The zero-order valence-corrected chi connectivity index (χ0v) is 16.4. The Balaban J connectivity index is 1.47. The number of hydrogen-bond donors (Lipinski definition) is 2. The number of pyridine rings is 2. The third-order valence-corrected chi connectivity index (χ3v) is 5.61. The smallest absolute Gasteiger partial charge is 0.153 e. The van der Waals surface area contributed by atoms with Crippen LogP contribution in [0.1, 0.15) is 32.6 Å². The number of aromatic nitrogens is 5. The summed E-state index contributed by atoms with van der Waals surface area (Å²) in [4.78, 5) is 8.97. The summed E-state index contributed by atoms with van der Waals surface area (Å²) in [5.74, 6) is 0.765. The lowest BCUT2D eigenvalue weighted by molar-refractivity contribution is 0.0182. The number of hydrogen-bond acceptors (Lipinski definition) is 5. The molecule has 7 heteroatoms. The highest BCUT2D eigenvalue weighted by Gasteiger charge is 2.29. The Morgan fingerprint density at radius 1 is 1.21 bits per heavy atom. The van der Waals surface area contributed by atoms with Gasteiger partial charge in [0.1, 0.15) is 5.65 Å². The summed E-state index contributed by atoms with van der Waals surface area (Å²) in [6, 6.07) is 10.2. The summed E-state index contributed by atoms with van der Waals surface area (Å²) in [7, 11) is 0. The molecule has 4 aromatic heterocycles. The van der Waals surface area contributed by atoms with Crippen LogP contribution < -0.4 is 5.32 Å². The van der Waals surface area contributed by atoms with E-state index in [4.69, 9.17) is 0 Å². The summed E-state index contributed by atoms with van der Waals surface area (Å²) < 4.78 is 3.83. The first-order valence-electron chi connectivity index (χ1n) is 10.00. The highest BCUT2D eigenvalue weighted by molar-refractivity contribution is 5.66. The van der Waals surface area contributed by atoms with Crippen LogP contribution in [0.15, 0.2) is 61.3 Å². The second-order valence-electron chi connectivity index (χ2n) is 8.08. The van der Waals surface area contributed by atoms with Gasteiger partial charge in [0.05, 0.1) is 23.2 Å². The highest BCUT2D eigenvalue weighted by atomic mass is 16.3. The van der Waals surface area contributed by atoms with E-state index in [2.05, 4.69) is 37.0 Å². The van der Waals surface area contributed by atoms with Gasteiger partial charge in [-0.15, -0.1) is 0 Å². The first-order valence-corrected chi connectivity index (χ1v) is 10.00. The van der Waals surface area contributed by atoms with Crippen molar-refractivity contribution in [2.24, 2.45) is 0 Å². The normalized spacial score (nSPS) is 22.1. The van der Waals surface area contributed by atoms with Gasteiger partial charge in [-0.3, -0.25) is 4.40 Å². The molecular formula is C22H24N6O. The Morgan fingerprint density at radius 3 is 2.97 bits per heavy atom. The fourth-order valence-corrected chi connectivity index (χ4v) is 4.21. The molecule has 1 saturated carbocycles. The zero-order chi connectivity index (χ0) is 19.8. The van der Waals surface area contributed by atoms with Crippen LogP contribution in [-0.4, -0.2) is 40.9 Å². The molecule has 1 aliphatic carbocycles. The maximum atomic E-state index is 10.4. The van der Waals surface area contributed by atoms with Crippen molar-refractivity contribution in [1.29, 1.82) is 0 Å². The summed E-state index contributed by atoms with van der Waals surface area (Å²) in [6.45, 7) is 1.93. The van der Waals surface area contributed by atoms with Crippen LogP contribution in [0.3, 0.4) is 0 Å². The summed E-state index contributed by atoms with van der Waals surface area (Å²) >= 11 is 0. The van der Waals surface area contributed by atoms with Crippen molar-refractivity contribution in [2.45, 2.75) is 44.2 Å². The molecule has 0 aliphatic heterocycles. The number of imidazole rings is 1. The highest BCUT2D eigenvalue weighted by Crippen LogP contribution is 2.30. The molecule has 0 bridgehead atoms. The van der Waals surface area contributed by atoms with E-state index in [0.29, 0.717) is 0 Å². The van der Waals surface area contributed by atoms with Crippen molar-refractivity contribution in [3.63, 3.8) is 0 Å². The molecule has 7 nitrogen and oxygen atoms in total. The third kappa shape index (κ3) is 3.61. The molecule has 0 amide bonds. The average Bonchev–Trinajstić information content (AvgIpc) is 3.37. The van der Waals surface area contributed by atoms with Crippen molar-refractivity contribution < 1.29 is 5.11 Å². The van der Waals surface area contributed by atoms with Crippen LogP contribution in [0.5, 0.6) is 0 Å². The molecule has 1 aliphatic rings. The molecule has 2 N–H and O–H groups in total. The molecule has 2 unspecified atom stereocenters. The Bertz CT molecular complexity index is 1130. The monoisotopic (exact) mass is 388 g/mol. The second-order valence-corrected chi connectivity index (χ2v) is 8.08. The summed E-state index contributed by atoms with van der Waals surface area (Å²) in [6.07, 6.45) is 13.1. The van der Waals surface area contributed by atoms with E-state index in [1.54, 1.807) is 17.1 Å². The van der Waals surface area contributed by atoms with E-state index in [-0.39, 0.29) is 6.04 Å². The van der Waals surface area contributed by atoms with Gasteiger partial charge in [-0.05, 0) is 62.9 Å². The average molecular weight is 388 g/mol. The van der Waals surface area contributed by atoms with Crippen molar-refractivity contribution in [1.82, 2.24) is 24.1 Å². The van der Waals surface area contributed by atoms with E-state index in [1.807, 2.05) is 43.6 Å². The molecule has 5 rings (SSSR count). The summed E-state index contributed by atoms with van der Waals surface area (Å²) in [5, 5.41) is 18.2. The molecule has 0 aromatic carbocycles. The number of rotatable bonds is 4. The largest absolute Gasteiger partial charge is 0.390 e. The lowest BCUT2D eigenvalue weighted by atomic mass is 9.83. The Morgan fingerprint density at radius 2 is 2.14 bits per heavy atom. The van der Waals surface area contributed by atoms with Crippen LogP contribution in [0.25, 0.3) is 22.7 Å². The Kier molecular flexibility index (Phi) is 4.32. The number of aliphatic hydroxyl groups is 1. The van der Waals surface area contributed by atoms with Gasteiger partial charge in [0.15, 0.2) is 5.82 Å². The van der Waals surface area contributed by atoms with E-state index >= 15 is 0 Å². The quantitative estimate of drug-likeness (QED) is 0.557. The minimum absolute atomic E-state index is 0.274. The molecule has 0 radical (unpaired) electrons. The molecular weight excluding hydrogens is 364 g/mol. The van der Waals surface area contributed by atoms with E-state index in [9.17, 15) is 5.11 Å². The summed E-state index contributed by atoms with van der Waals surface area (Å²) in [5.41, 5.74) is 3.35. The van der Waals surface area contributed by atoms with Gasteiger partial charge in [0.25, 0.3) is 0 Å². The SMILES string of the molecule is CC1(O)CCCC(Nc2ccc3ncc(-c4ccnc(-n5cccn5)c4)n3c2)C1. The Hall–Kier alpha value is -3.19. The molecule has 4 heterocycles. The van der Waals surface area contributed by atoms with E-state index < -0.39 is 5.60 Å². The van der Waals surface area contributed by atoms with Gasteiger partial charge in [0, 0.05) is 36.4 Å². The standard InChI is InChI=1S/C22H24N6O/c1-22(29)8-2-4-17(13-22)26-18-5-6-20-24-14-19(27(20)15-18)16-7-10-23-21(12-16)28-11-3-9-25-28/h3,5-7,9-12,14-15,17,26,29H,2,4,8,13H2,1H3. The fraction of sp³-hybridized carbons (Fsp3) is 0.318. The predicted octanol–water partition coefficient (Wildman–Crippen LogP) is 3.69. The van der Waals surface area contributed by atoms with Crippen LogP contribution >= 0.6 is 0 Å². The van der Waals surface area contributed by atoms with Crippen LogP contribution in [0, 0.1) is 0 Å². The van der Waals surface area contributed by atoms with E-state index in [1.165, 1.54) is 0 Å². The van der Waals surface area contributed by atoms with Gasteiger partial charge < -0.3 is 10.4 Å². The number of nitrogens with zero attached hydrogens (tertiary/aromatic N) is 5. The third-order valence-electron chi connectivity index (χ3n) is 5.61. The van der Waals surface area contributed by atoms with Gasteiger partial charge in [-0.25, -0.2) is 14.6 Å². The van der Waals surface area contributed by atoms with Gasteiger partial charge in [-0.1, -0.05) is 0 Å². The first kappa shape index (κ1) is 17.9. The molecule has 2 atom stereocenters.